The number of carbonyl (C=O) groups excluding carboxylic acids is 2. The van der Waals surface area contributed by atoms with E-state index in [1.807, 2.05) is 12.1 Å². The summed E-state index contributed by atoms with van der Waals surface area (Å²) in [7, 11) is 0. The van der Waals surface area contributed by atoms with Crippen LogP contribution in [0.25, 0.3) is 0 Å². The summed E-state index contributed by atoms with van der Waals surface area (Å²) in [6, 6.07) is 7.22. The Labute approximate surface area is 208 Å². The number of hydrogen-bond donors (Lipinski definition) is 2. The fourth-order valence-electron chi connectivity index (χ4n) is 4.77. The van der Waals surface area contributed by atoms with Gasteiger partial charge in [0.05, 0.1) is 35.2 Å². The van der Waals surface area contributed by atoms with E-state index in [9.17, 15) is 9.59 Å². The molecule has 8 nitrogen and oxygen atoms in total. The van der Waals surface area contributed by atoms with E-state index in [0.717, 1.165) is 50.2 Å². The molecule has 9 heteroatoms. The SMILES string of the molecule is CC1CN(c2ccc(NC(=O)c3c(NC(=O)c4cccnc4)sc4c3CCCC4)cn2)CC(C)O1. The molecule has 1 aliphatic heterocycles. The largest absolute Gasteiger partial charge is 0.372 e. The van der Waals surface area contributed by atoms with Gasteiger partial charge in [-0.25, -0.2) is 4.98 Å². The summed E-state index contributed by atoms with van der Waals surface area (Å²) in [5.74, 6) is 0.363. The fourth-order valence-corrected chi connectivity index (χ4v) is 6.05. The first-order valence-corrected chi connectivity index (χ1v) is 12.8. The Morgan fingerprint density at radius 2 is 1.83 bits per heavy atom. The van der Waals surface area contributed by atoms with Gasteiger partial charge in [-0.2, -0.15) is 0 Å². The molecule has 2 N–H and O–H groups in total. The van der Waals surface area contributed by atoms with Crippen LogP contribution in [-0.2, 0) is 17.6 Å². The summed E-state index contributed by atoms with van der Waals surface area (Å²) in [4.78, 5) is 38.2. The van der Waals surface area contributed by atoms with Crippen LogP contribution in [0, 0.1) is 0 Å². The molecule has 182 valence electrons. The number of aromatic nitrogens is 2. The van der Waals surface area contributed by atoms with Gasteiger partial charge in [-0.3, -0.25) is 14.6 Å². The van der Waals surface area contributed by atoms with Crippen molar-refractivity contribution in [2.75, 3.05) is 28.6 Å². The Balaban J connectivity index is 1.35. The second-order valence-electron chi connectivity index (χ2n) is 9.13. The van der Waals surface area contributed by atoms with Gasteiger partial charge in [0.2, 0.25) is 0 Å². The number of fused-ring (bicyclic) bond motifs is 1. The Morgan fingerprint density at radius 3 is 2.54 bits per heavy atom. The predicted molar refractivity (Wildman–Crippen MR) is 138 cm³/mol. The molecule has 0 bridgehead atoms. The lowest BCUT2D eigenvalue weighted by molar-refractivity contribution is -0.00545. The van der Waals surface area contributed by atoms with Crippen molar-refractivity contribution in [2.24, 2.45) is 0 Å². The average Bonchev–Trinajstić information content (AvgIpc) is 3.22. The van der Waals surface area contributed by atoms with Gasteiger partial charge >= 0.3 is 0 Å². The van der Waals surface area contributed by atoms with Crippen molar-refractivity contribution < 1.29 is 14.3 Å². The minimum atomic E-state index is -0.272. The molecule has 2 atom stereocenters. The van der Waals surface area contributed by atoms with E-state index in [1.54, 1.807) is 24.5 Å². The Kier molecular flexibility index (Phi) is 6.79. The number of morpholine rings is 1. The van der Waals surface area contributed by atoms with Crippen LogP contribution in [-0.4, -0.2) is 47.1 Å². The maximum Gasteiger partial charge on any atom is 0.259 e. The summed E-state index contributed by atoms with van der Waals surface area (Å²) >= 11 is 1.50. The molecular weight excluding hydrogens is 462 g/mol. The molecule has 1 aliphatic carbocycles. The second kappa shape index (κ2) is 10.1. The van der Waals surface area contributed by atoms with Crippen LogP contribution in [0.1, 0.15) is 57.8 Å². The molecule has 1 saturated heterocycles. The van der Waals surface area contributed by atoms with E-state index in [-0.39, 0.29) is 24.0 Å². The second-order valence-corrected chi connectivity index (χ2v) is 10.2. The van der Waals surface area contributed by atoms with Crippen LogP contribution < -0.4 is 15.5 Å². The van der Waals surface area contributed by atoms with E-state index < -0.39 is 0 Å². The topological polar surface area (TPSA) is 96.5 Å². The number of carbonyl (C=O) groups is 2. The van der Waals surface area contributed by atoms with Gasteiger partial charge < -0.3 is 20.3 Å². The molecule has 0 spiro atoms. The van der Waals surface area contributed by atoms with Gasteiger partial charge in [0.25, 0.3) is 11.8 Å². The fraction of sp³-hybridized carbons (Fsp3) is 0.385. The Morgan fingerprint density at radius 1 is 1.03 bits per heavy atom. The molecule has 5 rings (SSSR count). The van der Waals surface area contributed by atoms with Gasteiger partial charge in [-0.05, 0) is 69.4 Å². The van der Waals surface area contributed by atoms with Crippen molar-refractivity contribution in [1.29, 1.82) is 0 Å². The molecular formula is C26H29N5O3S. The van der Waals surface area contributed by atoms with Crippen LogP contribution in [0.3, 0.4) is 0 Å². The zero-order valence-electron chi connectivity index (χ0n) is 19.9. The first-order valence-electron chi connectivity index (χ1n) is 12.0. The number of rotatable bonds is 5. The standard InChI is InChI=1S/C26H29N5O3S/c1-16-14-31(15-17(2)34-16)22-10-9-19(13-28-22)29-25(33)23-20-7-3-4-8-21(20)35-26(23)30-24(32)18-6-5-11-27-12-18/h5-6,9-13,16-17H,3-4,7-8,14-15H2,1-2H3,(H,29,33)(H,30,32). The average molecular weight is 492 g/mol. The number of nitrogens with one attached hydrogen (secondary N) is 2. The molecule has 2 aliphatic rings. The van der Waals surface area contributed by atoms with Crippen molar-refractivity contribution in [1.82, 2.24) is 9.97 Å². The number of nitrogens with zero attached hydrogens (tertiary/aromatic N) is 3. The minimum absolute atomic E-state index is 0.144. The highest BCUT2D eigenvalue weighted by molar-refractivity contribution is 7.17. The third kappa shape index (κ3) is 5.21. The minimum Gasteiger partial charge on any atom is -0.372 e. The van der Waals surface area contributed by atoms with E-state index in [2.05, 4.69) is 39.3 Å². The van der Waals surface area contributed by atoms with Gasteiger partial charge in [-0.1, -0.05) is 0 Å². The zero-order valence-corrected chi connectivity index (χ0v) is 20.7. The molecule has 2 unspecified atom stereocenters. The van der Waals surface area contributed by atoms with Crippen molar-refractivity contribution in [3.8, 4) is 0 Å². The molecule has 3 aromatic rings. The van der Waals surface area contributed by atoms with E-state index in [0.29, 0.717) is 21.8 Å². The Hall–Kier alpha value is -3.30. The van der Waals surface area contributed by atoms with E-state index in [4.69, 9.17) is 4.74 Å². The lowest BCUT2D eigenvalue weighted by atomic mass is 9.95. The predicted octanol–water partition coefficient (Wildman–Crippen LogP) is 4.54. The number of ether oxygens (including phenoxy) is 1. The molecule has 0 saturated carbocycles. The van der Waals surface area contributed by atoms with E-state index in [1.165, 1.54) is 22.4 Å². The van der Waals surface area contributed by atoms with Gasteiger partial charge in [0.15, 0.2) is 0 Å². The molecule has 1 fully saturated rings. The van der Waals surface area contributed by atoms with Crippen LogP contribution in [0.5, 0.6) is 0 Å². The van der Waals surface area contributed by atoms with Crippen molar-refractivity contribution in [2.45, 2.75) is 51.7 Å². The summed E-state index contributed by atoms with van der Waals surface area (Å²) < 4.78 is 5.81. The van der Waals surface area contributed by atoms with E-state index >= 15 is 0 Å². The van der Waals surface area contributed by atoms with Crippen LogP contribution >= 0.6 is 11.3 Å². The first-order chi connectivity index (χ1) is 17.0. The molecule has 0 aromatic carbocycles. The number of thiophene rings is 1. The highest BCUT2D eigenvalue weighted by Crippen LogP contribution is 2.38. The highest BCUT2D eigenvalue weighted by Gasteiger charge is 2.27. The van der Waals surface area contributed by atoms with Gasteiger partial charge in [0.1, 0.15) is 10.8 Å². The van der Waals surface area contributed by atoms with Crippen LogP contribution in [0.2, 0.25) is 0 Å². The highest BCUT2D eigenvalue weighted by atomic mass is 32.1. The number of anilines is 3. The number of amides is 2. The number of aryl methyl sites for hydroxylation is 1. The van der Waals surface area contributed by atoms with Crippen molar-refractivity contribution in [3.63, 3.8) is 0 Å². The lowest BCUT2D eigenvalue weighted by Crippen LogP contribution is -2.45. The van der Waals surface area contributed by atoms with Crippen molar-refractivity contribution in [3.05, 3.63) is 64.4 Å². The zero-order chi connectivity index (χ0) is 24.4. The van der Waals surface area contributed by atoms with Crippen molar-refractivity contribution >= 4 is 39.7 Å². The monoisotopic (exact) mass is 491 g/mol. The quantitative estimate of drug-likeness (QED) is 0.544. The Bertz CT molecular complexity index is 1200. The maximum absolute atomic E-state index is 13.4. The van der Waals surface area contributed by atoms with Gasteiger partial charge in [0, 0.05) is 30.4 Å². The van der Waals surface area contributed by atoms with Crippen LogP contribution in [0.4, 0.5) is 16.5 Å². The summed E-state index contributed by atoms with van der Waals surface area (Å²) in [6.45, 7) is 5.68. The molecule has 35 heavy (non-hydrogen) atoms. The number of hydrogen-bond acceptors (Lipinski definition) is 7. The normalized spacial score (nSPS) is 19.7. The smallest absolute Gasteiger partial charge is 0.259 e. The molecule has 3 aromatic heterocycles. The summed E-state index contributed by atoms with van der Waals surface area (Å²) in [6.07, 6.45) is 9.00. The maximum atomic E-state index is 13.4. The third-order valence-corrected chi connectivity index (χ3v) is 7.51. The summed E-state index contributed by atoms with van der Waals surface area (Å²) in [5.41, 5.74) is 2.67. The first kappa shape index (κ1) is 23.4. The third-order valence-electron chi connectivity index (χ3n) is 6.30. The summed E-state index contributed by atoms with van der Waals surface area (Å²) in [5, 5.41) is 6.54. The number of pyridine rings is 2. The van der Waals surface area contributed by atoms with Crippen LogP contribution in [0.15, 0.2) is 42.9 Å². The molecule has 4 heterocycles. The molecule has 0 radical (unpaired) electrons. The van der Waals surface area contributed by atoms with Gasteiger partial charge in [-0.15, -0.1) is 11.3 Å². The molecule has 2 amide bonds. The lowest BCUT2D eigenvalue weighted by Gasteiger charge is -2.36.